The maximum Gasteiger partial charge on any atom is 0.407 e. The number of aryl methyl sites for hydroxylation is 1. The molecule has 1 amide bonds. The van der Waals surface area contributed by atoms with Crippen LogP contribution in [0.15, 0.2) is 10.7 Å². The number of rotatable bonds is 1. The Morgan fingerprint density at radius 2 is 2.33 bits per heavy atom. The standard InChI is InChI=1S/C13H20N2O3/c1-13(2,3)17-12(16)15-10-6-4-5-9-8-14-18-11(9)7-10/h8,10H,4-7H2,1-3H3,(H,15,16)/t10-/m0/s1. The molecular formula is C13H20N2O3. The Bertz CT molecular complexity index is 420. The fraction of sp³-hybridized carbons (Fsp3) is 0.692. The summed E-state index contributed by atoms with van der Waals surface area (Å²) in [6, 6.07) is 0.0639. The van der Waals surface area contributed by atoms with E-state index in [-0.39, 0.29) is 12.1 Å². The van der Waals surface area contributed by atoms with Gasteiger partial charge in [-0.2, -0.15) is 0 Å². The number of fused-ring (bicyclic) bond motifs is 1. The summed E-state index contributed by atoms with van der Waals surface area (Å²) in [5, 5.41) is 6.70. The van der Waals surface area contributed by atoms with Crippen molar-refractivity contribution in [2.45, 2.75) is 58.1 Å². The first-order chi connectivity index (χ1) is 8.44. The molecular weight excluding hydrogens is 232 g/mol. The Hall–Kier alpha value is -1.52. The predicted molar refractivity (Wildman–Crippen MR) is 66.3 cm³/mol. The number of alkyl carbamates (subject to hydrolysis) is 1. The van der Waals surface area contributed by atoms with E-state index < -0.39 is 5.60 Å². The Kier molecular flexibility index (Phi) is 3.59. The molecule has 0 bridgehead atoms. The zero-order chi connectivity index (χ0) is 13.2. The lowest BCUT2D eigenvalue weighted by atomic mass is 10.1. The molecule has 2 rings (SSSR count). The molecule has 0 unspecified atom stereocenters. The van der Waals surface area contributed by atoms with Gasteiger partial charge in [0.25, 0.3) is 0 Å². The number of aromatic nitrogens is 1. The van der Waals surface area contributed by atoms with E-state index in [0.29, 0.717) is 6.42 Å². The van der Waals surface area contributed by atoms with Gasteiger partial charge in [0.15, 0.2) is 0 Å². The lowest BCUT2D eigenvalue weighted by molar-refractivity contribution is 0.0500. The van der Waals surface area contributed by atoms with Gasteiger partial charge in [0.05, 0.1) is 6.20 Å². The van der Waals surface area contributed by atoms with E-state index in [2.05, 4.69) is 10.5 Å². The molecule has 0 radical (unpaired) electrons. The minimum atomic E-state index is -0.466. The number of amides is 1. The van der Waals surface area contributed by atoms with Crippen LogP contribution in [-0.4, -0.2) is 22.9 Å². The van der Waals surface area contributed by atoms with Crippen molar-refractivity contribution >= 4 is 6.09 Å². The second-order valence-corrected chi connectivity index (χ2v) is 5.71. The van der Waals surface area contributed by atoms with Gasteiger partial charge in [0.2, 0.25) is 0 Å². The first kappa shape index (κ1) is 12.9. The zero-order valence-electron chi connectivity index (χ0n) is 11.2. The van der Waals surface area contributed by atoms with Gasteiger partial charge in [-0.3, -0.25) is 0 Å². The number of ether oxygens (including phenoxy) is 1. The molecule has 5 nitrogen and oxygen atoms in total. The van der Waals surface area contributed by atoms with Crippen LogP contribution < -0.4 is 5.32 Å². The third kappa shape index (κ3) is 3.48. The monoisotopic (exact) mass is 252 g/mol. The fourth-order valence-corrected chi connectivity index (χ4v) is 2.12. The number of nitrogens with one attached hydrogen (secondary N) is 1. The smallest absolute Gasteiger partial charge is 0.407 e. The van der Waals surface area contributed by atoms with E-state index in [1.54, 1.807) is 6.20 Å². The molecule has 0 saturated carbocycles. The quantitative estimate of drug-likeness (QED) is 0.780. The average molecular weight is 252 g/mol. The summed E-state index contributed by atoms with van der Waals surface area (Å²) in [6.45, 7) is 5.57. The van der Waals surface area contributed by atoms with Gasteiger partial charge in [-0.1, -0.05) is 5.16 Å². The highest BCUT2D eigenvalue weighted by molar-refractivity contribution is 5.68. The molecule has 1 aliphatic carbocycles. The highest BCUT2D eigenvalue weighted by Crippen LogP contribution is 2.20. The Labute approximate surface area is 107 Å². The van der Waals surface area contributed by atoms with Crippen molar-refractivity contribution in [3.8, 4) is 0 Å². The van der Waals surface area contributed by atoms with E-state index in [0.717, 1.165) is 30.6 Å². The van der Waals surface area contributed by atoms with E-state index in [1.807, 2.05) is 20.8 Å². The third-order valence-corrected chi connectivity index (χ3v) is 2.88. The van der Waals surface area contributed by atoms with Crippen LogP contribution in [0.25, 0.3) is 0 Å². The minimum Gasteiger partial charge on any atom is -0.444 e. The molecule has 0 spiro atoms. The number of hydrogen-bond acceptors (Lipinski definition) is 4. The predicted octanol–water partition coefficient (Wildman–Crippen LogP) is 2.45. The highest BCUT2D eigenvalue weighted by atomic mass is 16.6. The van der Waals surface area contributed by atoms with Crippen molar-refractivity contribution in [2.75, 3.05) is 0 Å². The maximum atomic E-state index is 11.7. The van der Waals surface area contributed by atoms with Gasteiger partial charge >= 0.3 is 6.09 Å². The Morgan fingerprint density at radius 1 is 1.56 bits per heavy atom. The molecule has 0 aliphatic heterocycles. The summed E-state index contributed by atoms with van der Waals surface area (Å²) in [4.78, 5) is 11.7. The molecule has 18 heavy (non-hydrogen) atoms. The first-order valence-electron chi connectivity index (χ1n) is 6.36. The minimum absolute atomic E-state index is 0.0639. The third-order valence-electron chi connectivity index (χ3n) is 2.88. The molecule has 1 atom stereocenters. The van der Waals surface area contributed by atoms with Gasteiger partial charge in [-0.25, -0.2) is 4.79 Å². The van der Waals surface area contributed by atoms with Crippen molar-refractivity contribution < 1.29 is 14.1 Å². The molecule has 1 aromatic heterocycles. The highest BCUT2D eigenvalue weighted by Gasteiger charge is 2.23. The summed E-state index contributed by atoms with van der Waals surface area (Å²) in [5.41, 5.74) is 0.690. The molecule has 0 saturated heterocycles. The fourth-order valence-electron chi connectivity index (χ4n) is 2.12. The average Bonchev–Trinajstić information content (AvgIpc) is 2.55. The van der Waals surface area contributed by atoms with Gasteiger partial charge < -0.3 is 14.6 Å². The van der Waals surface area contributed by atoms with Gasteiger partial charge in [-0.15, -0.1) is 0 Å². The van der Waals surface area contributed by atoms with Crippen molar-refractivity contribution in [3.63, 3.8) is 0 Å². The maximum absolute atomic E-state index is 11.7. The van der Waals surface area contributed by atoms with Gasteiger partial charge in [0.1, 0.15) is 11.4 Å². The molecule has 1 heterocycles. The molecule has 0 aromatic carbocycles. The van der Waals surface area contributed by atoms with Crippen molar-refractivity contribution in [3.05, 3.63) is 17.5 Å². The van der Waals surface area contributed by atoms with Crippen molar-refractivity contribution in [2.24, 2.45) is 0 Å². The molecule has 5 heteroatoms. The van der Waals surface area contributed by atoms with Gasteiger partial charge in [0, 0.05) is 18.0 Å². The van der Waals surface area contributed by atoms with Crippen LogP contribution in [0.3, 0.4) is 0 Å². The lowest BCUT2D eigenvalue weighted by Crippen LogP contribution is -2.39. The molecule has 100 valence electrons. The largest absolute Gasteiger partial charge is 0.444 e. The van der Waals surface area contributed by atoms with E-state index in [1.165, 1.54) is 0 Å². The lowest BCUT2D eigenvalue weighted by Gasteiger charge is -2.22. The van der Waals surface area contributed by atoms with Crippen molar-refractivity contribution in [1.29, 1.82) is 0 Å². The number of hydrogen-bond donors (Lipinski definition) is 1. The number of nitrogens with zero attached hydrogens (tertiary/aromatic N) is 1. The van der Waals surface area contributed by atoms with Gasteiger partial charge in [-0.05, 0) is 40.0 Å². The second kappa shape index (κ2) is 5.00. The molecule has 0 fully saturated rings. The van der Waals surface area contributed by atoms with E-state index in [9.17, 15) is 4.79 Å². The molecule has 1 N–H and O–H groups in total. The van der Waals surface area contributed by atoms with Crippen LogP contribution >= 0.6 is 0 Å². The van der Waals surface area contributed by atoms with E-state index in [4.69, 9.17) is 9.26 Å². The SMILES string of the molecule is CC(C)(C)OC(=O)N[C@H]1CCCc2cnoc2C1. The summed E-state index contributed by atoms with van der Waals surface area (Å²) in [5.74, 6) is 0.883. The molecule has 1 aliphatic rings. The van der Waals surface area contributed by atoms with Crippen LogP contribution in [0.5, 0.6) is 0 Å². The van der Waals surface area contributed by atoms with Crippen LogP contribution in [0.2, 0.25) is 0 Å². The van der Waals surface area contributed by atoms with Crippen molar-refractivity contribution in [1.82, 2.24) is 10.5 Å². The first-order valence-corrected chi connectivity index (χ1v) is 6.36. The van der Waals surface area contributed by atoms with Crippen LogP contribution in [0.1, 0.15) is 44.9 Å². The zero-order valence-corrected chi connectivity index (χ0v) is 11.2. The normalized spacial score (nSPS) is 19.8. The summed E-state index contributed by atoms with van der Waals surface area (Å²) < 4.78 is 10.5. The topological polar surface area (TPSA) is 64.4 Å². The van der Waals surface area contributed by atoms with Crippen LogP contribution in [0.4, 0.5) is 4.79 Å². The van der Waals surface area contributed by atoms with Crippen LogP contribution in [-0.2, 0) is 17.6 Å². The Morgan fingerprint density at radius 3 is 3.06 bits per heavy atom. The number of carbonyl (C=O) groups excluding carboxylic acids is 1. The van der Waals surface area contributed by atoms with Crippen LogP contribution in [0, 0.1) is 0 Å². The second-order valence-electron chi connectivity index (χ2n) is 5.71. The summed E-state index contributed by atoms with van der Waals surface area (Å²) in [6.07, 6.45) is 5.01. The number of carbonyl (C=O) groups is 1. The van der Waals surface area contributed by atoms with E-state index >= 15 is 0 Å². The molecule has 1 aromatic rings. The summed E-state index contributed by atoms with van der Waals surface area (Å²) in [7, 11) is 0. The summed E-state index contributed by atoms with van der Waals surface area (Å²) >= 11 is 0. The Balaban J connectivity index is 1.93.